The lowest BCUT2D eigenvalue weighted by atomic mass is 9.85. The molecule has 1 atom stereocenters. The summed E-state index contributed by atoms with van der Waals surface area (Å²) in [5.74, 6) is 2.03. The Labute approximate surface area is 160 Å². The number of benzene rings is 2. The Morgan fingerprint density at radius 2 is 1.74 bits per heavy atom. The van der Waals surface area contributed by atoms with Crippen LogP contribution in [0.1, 0.15) is 18.9 Å². The third-order valence-corrected chi connectivity index (χ3v) is 5.23. The zero-order valence-corrected chi connectivity index (χ0v) is 16.2. The van der Waals surface area contributed by atoms with Gasteiger partial charge in [-0.2, -0.15) is 0 Å². The Kier molecular flexibility index (Phi) is 5.56. The average molecular weight is 370 g/mol. The molecule has 1 saturated heterocycles. The number of hydrogen-bond donors (Lipinski definition) is 1. The molecule has 0 aliphatic carbocycles. The second kappa shape index (κ2) is 7.88. The Bertz CT molecular complexity index is 806. The topological polar surface area (TPSA) is 60.0 Å². The Morgan fingerprint density at radius 3 is 2.30 bits per heavy atom. The first-order valence-corrected chi connectivity index (χ1v) is 8.91. The van der Waals surface area contributed by atoms with E-state index in [4.69, 9.17) is 14.2 Å². The van der Waals surface area contributed by atoms with Crippen LogP contribution < -0.4 is 19.5 Å². The van der Waals surface area contributed by atoms with Gasteiger partial charge in [0.05, 0.1) is 26.9 Å². The first-order chi connectivity index (χ1) is 13.0. The molecule has 1 heterocycles. The lowest BCUT2D eigenvalue weighted by Crippen LogP contribution is -2.63. The molecule has 2 aromatic rings. The van der Waals surface area contributed by atoms with Gasteiger partial charge < -0.3 is 19.5 Å². The second-order valence-electron chi connectivity index (χ2n) is 6.82. The number of ether oxygens (including phenoxy) is 3. The number of amides is 1. The van der Waals surface area contributed by atoms with Crippen molar-refractivity contribution in [3.05, 3.63) is 48.0 Å². The predicted octanol–water partition coefficient (Wildman–Crippen LogP) is 3.32. The van der Waals surface area contributed by atoms with E-state index in [9.17, 15) is 4.79 Å². The van der Waals surface area contributed by atoms with Crippen molar-refractivity contribution in [1.29, 1.82) is 0 Å². The molecule has 0 radical (unpaired) electrons. The van der Waals surface area contributed by atoms with Gasteiger partial charge in [-0.25, -0.2) is 0 Å². The largest absolute Gasteiger partial charge is 0.497 e. The van der Waals surface area contributed by atoms with Crippen LogP contribution >= 0.6 is 0 Å². The maximum absolute atomic E-state index is 12.9. The summed E-state index contributed by atoms with van der Waals surface area (Å²) >= 11 is 0. The Hall–Kier alpha value is -2.73. The van der Waals surface area contributed by atoms with Crippen molar-refractivity contribution in [3.63, 3.8) is 0 Å². The zero-order valence-electron chi connectivity index (χ0n) is 16.2. The number of methoxy groups -OCH3 is 3. The maximum Gasteiger partial charge on any atom is 0.244 e. The maximum atomic E-state index is 12.9. The zero-order chi connectivity index (χ0) is 19.4. The van der Waals surface area contributed by atoms with Crippen LogP contribution in [0.3, 0.4) is 0 Å². The Balaban J connectivity index is 1.68. The van der Waals surface area contributed by atoms with Gasteiger partial charge in [0, 0.05) is 24.8 Å². The summed E-state index contributed by atoms with van der Waals surface area (Å²) in [7, 11) is 4.82. The molecule has 1 amide bonds. The van der Waals surface area contributed by atoms with E-state index in [-0.39, 0.29) is 5.91 Å². The molecule has 0 bridgehead atoms. The van der Waals surface area contributed by atoms with Crippen molar-refractivity contribution in [1.82, 2.24) is 4.90 Å². The molecule has 2 aromatic carbocycles. The van der Waals surface area contributed by atoms with Crippen LogP contribution in [0.15, 0.2) is 42.5 Å². The number of carbonyl (C=O) groups is 1. The monoisotopic (exact) mass is 370 g/mol. The first kappa shape index (κ1) is 19.0. The highest BCUT2D eigenvalue weighted by molar-refractivity contribution is 5.98. The molecule has 0 spiro atoms. The van der Waals surface area contributed by atoms with Crippen molar-refractivity contribution in [2.24, 2.45) is 0 Å². The van der Waals surface area contributed by atoms with Crippen molar-refractivity contribution in [3.8, 4) is 17.2 Å². The molecular formula is C21H26N2O4. The highest BCUT2D eigenvalue weighted by atomic mass is 16.5. The van der Waals surface area contributed by atoms with Crippen molar-refractivity contribution >= 4 is 11.6 Å². The van der Waals surface area contributed by atoms with E-state index >= 15 is 0 Å². The van der Waals surface area contributed by atoms with Gasteiger partial charge in [-0.1, -0.05) is 12.1 Å². The number of anilines is 1. The fourth-order valence-corrected chi connectivity index (χ4v) is 3.25. The molecule has 1 aliphatic rings. The van der Waals surface area contributed by atoms with E-state index in [1.54, 1.807) is 33.5 Å². The molecule has 1 aliphatic heterocycles. The van der Waals surface area contributed by atoms with Crippen LogP contribution in [0.25, 0.3) is 0 Å². The van der Waals surface area contributed by atoms with Gasteiger partial charge in [0.25, 0.3) is 0 Å². The number of hydrogen-bond acceptors (Lipinski definition) is 5. The van der Waals surface area contributed by atoms with Gasteiger partial charge in [0.15, 0.2) is 11.5 Å². The smallest absolute Gasteiger partial charge is 0.244 e. The summed E-state index contributed by atoms with van der Waals surface area (Å²) in [6.45, 7) is 3.60. The minimum Gasteiger partial charge on any atom is -0.497 e. The number of nitrogens with zero attached hydrogens (tertiary/aromatic N) is 1. The summed E-state index contributed by atoms with van der Waals surface area (Å²) in [5.41, 5.74) is 1.31. The summed E-state index contributed by atoms with van der Waals surface area (Å²) in [5, 5.41) is 3.01. The van der Waals surface area contributed by atoms with Crippen LogP contribution in [0.2, 0.25) is 0 Å². The molecule has 1 unspecified atom stereocenters. The van der Waals surface area contributed by atoms with Gasteiger partial charge in [-0.05, 0) is 43.2 Å². The van der Waals surface area contributed by atoms with Crippen LogP contribution in [0.5, 0.6) is 17.2 Å². The number of likely N-dealkylation sites (tertiary alicyclic amines) is 1. The summed E-state index contributed by atoms with van der Waals surface area (Å²) in [6.07, 6.45) is 0.822. The molecule has 0 aromatic heterocycles. The third kappa shape index (κ3) is 3.85. The normalized spacial score (nSPS) is 19.1. The van der Waals surface area contributed by atoms with Crippen LogP contribution in [0, 0.1) is 0 Å². The highest BCUT2D eigenvalue weighted by Crippen LogP contribution is 2.35. The molecule has 0 saturated carbocycles. The molecule has 6 heteroatoms. The standard InChI is InChI=1S/C21H26N2O4/c1-21(11-12-23(21)14-15-5-8-17(25-2)9-6-15)20(24)22-16-7-10-18(26-3)19(13-16)27-4/h5-10,13H,11-12,14H2,1-4H3,(H,22,24). The van der Waals surface area contributed by atoms with E-state index in [1.807, 2.05) is 37.3 Å². The van der Waals surface area contributed by atoms with Crippen LogP contribution in [0.4, 0.5) is 5.69 Å². The van der Waals surface area contributed by atoms with E-state index in [0.29, 0.717) is 17.2 Å². The fourth-order valence-electron chi connectivity index (χ4n) is 3.25. The average Bonchev–Trinajstić information content (AvgIpc) is 2.70. The summed E-state index contributed by atoms with van der Waals surface area (Å²) < 4.78 is 15.7. The van der Waals surface area contributed by atoms with Crippen LogP contribution in [-0.4, -0.2) is 44.2 Å². The number of nitrogens with one attached hydrogen (secondary N) is 1. The molecule has 1 fully saturated rings. The lowest BCUT2D eigenvalue weighted by molar-refractivity contribution is -0.136. The number of rotatable bonds is 7. The minimum atomic E-state index is -0.535. The van der Waals surface area contributed by atoms with Gasteiger partial charge in [0.1, 0.15) is 5.75 Å². The summed E-state index contributed by atoms with van der Waals surface area (Å²) in [6, 6.07) is 13.3. The lowest BCUT2D eigenvalue weighted by Gasteiger charge is -2.49. The van der Waals surface area contributed by atoms with Crippen molar-refractivity contribution in [2.45, 2.75) is 25.4 Å². The quantitative estimate of drug-likeness (QED) is 0.810. The molecular weight excluding hydrogens is 344 g/mol. The van der Waals surface area contributed by atoms with Gasteiger partial charge in [-0.3, -0.25) is 9.69 Å². The van der Waals surface area contributed by atoms with Crippen molar-refractivity contribution in [2.75, 3.05) is 33.2 Å². The Morgan fingerprint density at radius 1 is 1.04 bits per heavy atom. The fraction of sp³-hybridized carbons (Fsp3) is 0.381. The molecule has 1 N–H and O–H groups in total. The van der Waals surface area contributed by atoms with E-state index in [2.05, 4.69) is 10.2 Å². The SMILES string of the molecule is COc1ccc(CN2CCC2(C)C(=O)Nc2ccc(OC)c(OC)c2)cc1. The molecule has 6 nitrogen and oxygen atoms in total. The number of carbonyl (C=O) groups excluding carboxylic acids is 1. The summed E-state index contributed by atoms with van der Waals surface area (Å²) in [4.78, 5) is 15.1. The van der Waals surface area contributed by atoms with E-state index in [0.717, 1.165) is 30.8 Å². The van der Waals surface area contributed by atoms with E-state index in [1.165, 1.54) is 0 Å². The predicted molar refractivity (Wildman–Crippen MR) is 105 cm³/mol. The molecule has 27 heavy (non-hydrogen) atoms. The highest BCUT2D eigenvalue weighted by Gasteiger charge is 2.46. The molecule has 3 rings (SSSR count). The second-order valence-corrected chi connectivity index (χ2v) is 6.82. The van der Waals surface area contributed by atoms with Crippen molar-refractivity contribution < 1.29 is 19.0 Å². The third-order valence-electron chi connectivity index (χ3n) is 5.23. The van der Waals surface area contributed by atoms with Gasteiger partial charge in [0.2, 0.25) is 5.91 Å². The van der Waals surface area contributed by atoms with Gasteiger partial charge in [-0.15, -0.1) is 0 Å². The van der Waals surface area contributed by atoms with Crippen LogP contribution in [-0.2, 0) is 11.3 Å². The first-order valence-electron chi connectivity index (χ1n) is 8.91. The minimum absolute atomic E-state index is 0.0190. The van der Waals surface area contributed by atoms with E-state index < -0.39 is 5.54 Å². The van der Waals surface area contributed by atoms with Gasteiger partial charge >= 0.3 is 0 Å². The molecule has 144 valence electrons.